The average molecular weight is 418 g/mol. The summed E-state index contributed by atoms with van der Waals surface area (Å²) in [6.45, 7) is 1.08. The predicted molar refractivity (Wildman–Crippen MR) is 106 cm³/mol. The lowest BCUT2D eigenvalue weighted by atomic mass is 10.1. The molecule has 0 radical (unpaired) electrons. The zero-order valence-corrected chi connectivity index (χ0v) is 16.6. The van der Waals surface area contributed by atoms with E-state index in [0.717, 1.165) is 18.4 Å². The van der Waals surface area contributed by atoms with Crippen molar-refractivity contribution in [2.24, 2.45) is 0 Å². The van der Waals surface area contributed by atoms with E-state index in [-0.39, 0.29) is 23.6 Å². The summed E-state index contributed by atoms with van der Waals surface area (Å²) in [5.41, 5.74) is 1.32. The van der Waals surface area contributed by atoms with Crippen LogP contribution in [0.4, 0.5) is 5.69 Å². The second-order valence-corrected chi connectivity index (χ2v) is 8.78. The second kappa shape index (κ2) is 9.15. The molecule has 1 aliphatic rings. The van der Waals surface area contributed by atoms with Crippen molar-refractivity contribution in [3.05, 3.63) is 69.8 Å². The van der Waals surface area contributed by atoms with Gasteiger partial charge in [-0.2, -0.15) is 4.31 Å². The fourth-order valence-electron chi connectivity index (χ4n) is 3.15. The van der Waals surface area contributed by atoms with Crippen molar-refractivity contribution < 1.29 is 22.9 Å². The second-order valence-electron chi connectivity index (χ2n) is 6.84. The summed E-state index contributed by atoms with van der Waals surface area (Å²) in [5.74, 6) is -0.426. The van der Waals surface area contributed by atoms with Crippen molar-refractivity contribution in [2.75, 3.05) is 13.1 Å². The molecule has 0 bridgehead atoms. The SMILES string of the molecule is O=C(CCc1ccc(S(=O)(=O)N2CCCC2)cc1)OCc1cccc([N+](=O)[O-])c1. The molecule has 1 heterocycles. The molecule has 2 aromatic carbocycles. The molecule has 29 heavy (non-hydrogen) atoms. The highest BCUT2D eigenvalue weighted by molar-refractivity contribution is 7.89. The first-order chi connectivity index (χ1) is 13.9. The minimum Gasteiger partial charge on any atom is -0.461 e. The molecule has 2 aromatic rings. The lowest BCUT2D eigenvalue weighted by molar-refractivity contribution is -0.384. The van der Waals surface area contributed by atoms with Gasteiger partial charge in [0.1, 0.15) is 6.61 Å². The number of hydrogen-bond donors (Lipinski definition) is 0. The minimum absolute atomic E-state index is 0.0342. The third kappa shape index (κ3) is 5.39. The maximum Gasteiger partial charge on any atom is 0.306 e. The molecule has 0 amide bonds. The van der Waals surface area contributed by atoms with E-state index < -0.39 is 20.9 Å². The van der Waals surface area contributed by atoms with E-state index >= 15 is 0 Å². The number of rotatable bonds is 8. The van der Waals surface area contributed by atoms with Crippen LogP contribution in [0.5, 0.6) is 0 Å². The molecule has 1 aliphatic heterocycles. The van der Waals surface area contributed by atoms with Crippen LogP contribution in [0.25, 0.3) is 0 Å². The number of sulfonamides is 1. The van der Waals surface area contributed by atoms with Crippen molar-refractivity contribution in [3.63, 3.8) is 0 Å². The Morgan fingerprint density at radius 3 is 2.41 bits per heavy atom. The van der Waals surface area contributed by atoms with E-state index in [0.29, 0.717) is 25.1 Å². The molecule has 0 unspecified atom stereocenters. The Morgan fingerprint density at radius 2 is 1.76 bits per heavy atom. The summed E-state index contributed by atoms with van der Waals surface area (Å²) in [6.07, 6.45) is 2.32. The number of carbonyl (C=O) groups is 1. The quantitative estimate of drug-likeness (QED) is 0.370. The van der Waals surface area contributed by atoms with Gasteiger partial charge in [-0.1, -0.05) is 24.3 Å². The molecule has 0 aliphatic carbocycles. The molecule has 9 heteroatoms. The van der Waals surface area contributed by atoms with E-state index in [1.807, 2.05) is 0 Å². The van der Waals surface area contributed by atoms with Crippen LogP contribution in [0, 0.1) is 10.1 Å². The fourth-order valence-corrected chi connectivity index (χ4v) is 4.66. The lowest BCUT2D eigenvalue weighted by Gasteiger charge is -2.15. The molecule has 154 valence electrons. The van der Waals surface area contributed by atoms with E-state index in [2.05, 4.69) is 0 Å². The highest BCUT2D eigenvalue weighted by atomic mass is 32.2. The molecule has 8 nitrogen and oxygen atoms in total. The van der Waals surface area contributed by atoms with Crippen molar-refractivity contribution >= 4 is 21.7 Å². The van der Waals surface area contributed by atoms with Crippen LogP contribution in [0.1, 0.15) is 30.4 Å². The lowest BCUT2D eigenvalue weighted by Crippen LogP contribution is -2.27. The normalized spacial score (nSPS) is 14.6. The molecular formula is C20H22N2O6S. The molecule has 0 atom stereocenters. The van der Waals surface area contributed by atoms with Crippen molar-refractivity contribution in [2.45, 2.75) is 37.2 Å². The summed E-state index contributed by atoms with van der Waals surface area (Å²) < 4.78 is 31.7. The first-order valence-electron chi connectivity index (χ1n) is 9.34. The molecule has 0 aromatic heterocycles. The number of hydrogen-bond acceptors (Lipinski definition) is 6. The van der Waals surface area contributed by atoms with Gasteiger partial charge in [0.05, 0.1) is 9.82 Å². The van der Waals surface area contributed by atoms with E-state index in [1.54, 1.807) is 36.4 Å². The van der Waals surface area contributed by atoms with E-state index in [1.165, 1.54) is 16.4 Å². The number of ether oxygens (including phenoxy) is 1. The third-order valence-corrected chi connectivity index (χ3v) is 6.68. The number of nitro benzene ring substituents is 1. The summed E-state index contributed by atoms with van der Waals surface area (Å²) in [7, 11) is -3.44. The van der Waals surface area contributed by atoms with Crippen LogP contribution in [-0.2, 0) is 32.6 Å². The summed E-state index contributed by atoms with van der Waals surface area (Å²) in [6, 6.07) is 12.5. The van der Waals surface area contributed by atoms with Crippen LogP contribution in [0.15, 0.2) is 53.4 Å². The first kappa shape index (κ1) is 20.9. The van der Waals surface area contributed by atoms with Crippen molar-refractivity contribution in [1.82, 2.24) is 4.31 Å². The molecular weight excluding hydrogens is 396 g/mol. The van der Waals surface area contributed by atoms with Gasteiger partial charge in [0.15, 0.2) is 0 Å². The number of carbonyl (C=O) groups excluding carboxylic acids is 1. The van der Waals surface area contributed by atoms with Gasteiger partial charge in [0, 0.05) is 31.6 Å². The van der Waals surface area contributed by atoms with Crippen molar-refractivity contribution in [1.29, 1.82) is 0 Å². The molecule has 0 N–H and O–H groups in total. The fraction of sp³-hybridized carbons (Fsp3) is 0.350. The van der Waals surface area contributed by atoms with Crippen LogP contribution in [0.2, 0.25) is 0 Å². The Labute approximate surface area is 169 Å². The topological polar surface area (TPSA) is 107 Å². The van der Waals surface area contributed by atoms with E-state index in [4.69, 9.17) is 4.74 Å². The smallest absolute Gasteiger partial charge is 0.306 e. The van der Waals surface area contributed by atoms with E-state index in [9.17, 15) is 23.3 Å². The molecule has 3 rings (SSSR count). The maximum atomic E-state index is 12.5. The van der Waals surface area contributed by atoms with Crippen LogP contribution in [0.3, 0.4) is 0 Å². The van der Waals surface area contributed by atoms with Gasteiger partial charge in [0.25, 0.3) is 5.69 Å². The maximum absolute atomic E-state index is 12.5. The summed E-state index contributed by atoms with van der Waals surface area (Å²) >= 11 is 0. The van der Waals surface area contributed by atoms with Crippen LogP contribution >= 0.6 is 0 Å². The largest absolute Gasteiger partial charge is 0.461 e. The highest BCUT2D eigenvalue weighted by Crippen LogP contribution is 2.21. The van der Waals surface area contributed by atoms with Gasteiger partial charge in [-0.3, -0.25) is 14.9 Å². The zero-order valence-electron chi connectivity index (χ0n) is 15.8. The average Bonchev–Trinajstić information content (AvgIpc) is 3.27. The Kier molecular flexibility index (Phi) is 6.60. The van der Waals surface area contributed by atoms with Gasteiger partial charge in [0.2, 0.25) is 10.0 Å². The number of non-ortho nitro benzene ring substituents is 1. The molecule has 1 fully saturated rings. The number of esters is 1. The number of nitrogens with zero attached hydrogens (tertiary/aromatic N) is 2. The molecule has 0 saturated carbocycles. The Bertz CT molecular complexity index is 982. The van der Waals surface area contributed by atoms with Crippen molar-refractivity contribution in [3.8, 4) is 0 Å². The zero-order chi connectivity index (χ0) is 20.9. The first-order valence-corrected chi connectivity index (χ1v) is 10.8. The predicted octanol–water partition coefficient (Wildman–Crippen LogP) is 3.06. The van der Waals surface area contributed by atoms with Crippen LogP contribution < -0.4 is 0 Å². The Hall–Kier alpha value is -2.78. The third-order valence-electron chi connectivity index (χ3n) is 4.77. The summed E-state index contributed by atoms with van der Waals surface area (Å²) in [5, 5.41) is 10.8. The van der Waals surface area contributed by atoms with Crippen LogP contribution in [-0.4, -0.2) is 36.7 Å². The number of benzene rings is 2. The van der Waals surface area contributed by atoms with Gasteiger partial charge >= 0.3 is 5.97 Å². The van der Waals surface area contributed by atoms with Gasteiger partial charge < -0.3 is 4.74 Å². The Balaban J connectivity index is 1.50. The van der Waals surface area contributed by atoms with Gasteiger partial charge in [-0.05, 0) is 42.5 Å². The Morgan fingerprint density at radius 1 is 1.07 bits per heavy atom. The molecule has 0 spiro atoms. The number of aryl methyl sites for hydroxylation is 1. The minimum atomic E-state index is -3.44. The van der Waals surface area contributed by atoms with Gasteiger partial charge in [-0.25, -0.2) is 8.42 Å². The molecule has 1 saturated heterocycles. The highest BCUT2D eigenvalue weighted by Gasteiger charge is 2.26. The monoisotopic (exact) mass is 418 g/mol. The summed E-state index contributed by atoms with van der Waals surface area (Å²) in [4.78, 5) is 22.5. The standard InChI is InChI=1S/C20H22N2O6S/c23-20(28-15-17-4-3-5-18(14-17)22(24)25)11-8-16-6-9-19(10-7-16)29(26,27)21-12-1-2-13-21/h3-7,9-10,14H,1-2,8,11-13,15H2. The number of nitro groups is 1. The van der Waals surface area contributed by atoms with Gasteiger partial charge in [-0.15, -0.1) is 0 Å².